The Labute approximate surface area is 85.4 Å². The molecular formula is C11H18O3. The van der Waals surface area contributed by atoms with Gasteiger partial charge in [-0.1, -0.05) is 11.8 Å². The normalized spacial score (nSPS) is 23.7. The van der Waals surface area contributed by atoms with E-state index in [9.17, 15) is 0 Å². The fraction of sp³-hybridized carbons (Fsp3) is 0.818. The van der Waals surface area contributed by atoms with Gasteiger partial charge in [0.2, 0.25) is 0 Å². The summed E-state index contributed by atoms with van der Waals surface area (Å²) in [5.74, 6) is 5.51. The average molecular weight is 198 g/mol. The Hall–Kier alpha value is -0.560. The molecular weight excluding hydrogens is 180 g/mol. The summed E-state index contributed by atoms with van der Waals surface area (Å²) in [5, 5.41) is 8.86. The molecule has 0 aromatic carbocycles. The van der Waals surface area contributed by atoms with Crippen molar-refractivity contribution in [3.63, 3.8) is 0 Å². The van der Waals surface area contributed by atoms with Gasteiger partial charge < -0.3 is 14.6 Å². The first-order chi connectivity index (χ1) is 6.79. The van der Waals surface area contributed by atoms with Crippen LogP contribution < -0.4 is 0 Å². The molecule has 1 N–H and O–H groups in total. The van der Waals surface area contributed by atoms with E-state index in [2.05, 4.69) is 11.8 Å². The van der Waals surface area contributed by atoms with Crippen molar-refractivity contribution in [2.24, 2.45) is 0 Å². The molecule has 0 saturated carbocycles. The van der Waals surface area contributed by atoms with Crippen LogP contribution in [-0.2, 0) is 9.47 Å². The van der Waals surface area contributed by atoms with Gasteiger partial charge in [-0.2, -0.15) is 0 Å². The monoisotopic (exact) mass is 198 g/mol. The maximum absolute atomic E-state index is 8.86. The highest BCUT2D eigenvalue weighted by molar-refractivity contribution is 5.02. The number of aliphatic hydroxyl groups excluding tert-OH is 1. The third-order valence-corrected chi connectivity index (χ3v) is 1.98. The van der Waals surface area contributed by atoms with Crippen molar-refractivity contribution >= 4 is 0 Å². The van der Waals surface area contributed by atoms with E-state index in [1.54, 1.807) is 6.92 Å². The lowest BCUT2D eigenvalue weighted by molar-refractivity contribution is -0.161. The SMILES string of the molecule is CC(O)C#CCCOC1CCCCO1. The fourth-order valence-corrected chi connectivity index (χ4v) is 1.30. The summed E-state index contributed by atoms with van der Waals surface area (Å²) in [6.45, 7) is 3.05. The molecule has 1 heterocycles. The van der Waals surface area contributed by atoms with Crippen LogP contribution >= 0.6 is 0 Å². The third kappa shape index (κ3) is 5.23. The number of ether oxygens (including phenoxy) is 2. The quantitative estimate of drug-likeness (QED) is 0.549. The van der Waals surface area contributed by atoms with Crippen LogP contribution in [0.4, 0.5) is 0 Å². The number of hydrogen-bond donors (Lipinski definition) is 1. The maximum Gasteiger partial charge on any atom is 0.157 e. The van der Waals surface area contributed by atoms with E-state index in [0.29, 0.717) is 13.0 Å². The Bertz CT molecular complexity index is 196. The molecule has 0 radical (unpaired) electrons. The van der Waals surface area contributed by atoms with Crippen LogP contribution in [0.15, 0.2) is 0 Å². The van der Waals surface area contributed by atoms with Gasteiger partial charge in [-0.15, -0.1) is 0 Å². The smallest absolute Gasteiger partial charge is 0.157 e. The topological polar surface area (TPSA) is 38.7 Å². The van der Waals surface area contributed by atoms with Gasteiger partial charge in [0.05, 0.1) is 6.61 Å². The summed E-state index contributed by atoms with van der Waals surface area (Å²) in [5.41, 5.74) is 0. The number of rotatable bonds is 3. The van der Waals surface area contributed by atoms with Gasteiger partial charge >= 0.3 is 0 Å². The minimum Gasteiger partial charge on any atom is -0.381 e. The van der Waals surface area contributed by atoms with Crippen molar-refractivity contribution in [1.82, 2.24) is 0 Å². The first-order valence-electron chi connectivity index (χ1n) is 5.18. The molecule has 1 aliphatic heterocycles. The summed E-state index contributed by atoms with van der Waals surface area (Å²) in [6, 6.07) is 0. The lowest BCUT2D eigenvalue weighted by Crippen LogP contribution is -2.22. The zero-order valence-electron chi connectivity index (χ0n) is 8.66. The Morgan fingerprint density at radius 1 is 1.57 bits per heavy atom. The lowest BCUT2D eigenvalue weighted by atomic mass is 10.2. The van der Waals surface area contributed by atoms with E-state index in [1.807, 2.05) is 0 Å². The lowest BCUT2D eigenvalue weighted by Gasteiger charge is -2.22. The number of hydrogen-bond acceptors (Lipinski definition) is 3. The van der Waals surface area contributed by atoms with Crippen LogP contribution in [-0.4, -0.2) is 30.7 Å². The minimum absolute atomic E-state index is 0.0305. The van der Waals surface area contributed by atoms with Gasteiger partial charge in [-0.05, 0) is 26.2 Å². The first kappa shape index (κ1) is 11.5. The van der Waals surface area contributed by atoms with Gasteiger partial charge in [0.1, 0.15) is 6.10 Å². The van der Waals surface area contributed by atoms with Crippen LogP contribution in [0.5, 0.6) is 0 Å². The second kappa shape index (κ2) is 6.83. The van der Waals surface area contributed by atoms with Crippen LogP contribution in [0, 0.1) is 11.8 Å². The van der Waals surface area contributed by atoms with E-state index in [4.69, 9.17) is 14.6 Å². The van der Waals surface area contributed by atoms with Gasteiger partial charge in [0.25, 0.3) is 0 Å². The second-order valence-electron chi connectivity index (χ2n) is 3.41. The van der Waals surface area contributed by atoms with Crippen molar-refractivity contribution in [1.29, 1.82) is 0 Å². The molecule has 0 aromatic rings. The molecule has 14 heavy (non-hydrogen) atoms. The molecule has 1 saturated heterocycles. The molecule has 0 aromatic heterocycles. The highest BCUT2D eigenvalue weighted by Crippen LogP contribution is 2.13. The molecule has 2 unspecified atom stereocenters. The molecule has 3 nitrogen and oxygen atoms in total. The standard InChI is InChI=1S/C11H18O3/c1-10(12)6-2-4-8-13-11-7-3-5-9-14-11/h10-12H,3-5,7-9H2,1H3. The predicted molar refractivity (Wildman–Crippen MR) is 53.6 cm³/mol. The van der Waals surface area contributed by atoms with Crippen LogP contribution in [0.25, 0.3) is 0 Å². The third-order valence-electron chi connectivity index (χ3n) is 1.98. The van der Waals surface area contributed by atoms with Crippen LogP contribution in [0.2, 0.25) is 0 Å². The van der Waals surface area contributed by atoms with E-state index in [1.165, 1.54) is 6.42 Å². The van der Waals surface area contributed by atoms with Gasteiger partial charge in [0.15, 0.2) is 6.29 Å². The first-order valence-corrected chi connectivity index (χ1v) is 5.18. The van der Waals surface area contributed by atoms with E-state index in [0.717, 1.165) is 19.4 Å². The minimum atomic E-state index is -0.541. The van der Waals surface area contributed by atoms with E-state index < -0.39 is 6.10 Å². The van der Waals surface area contributed by atoms with E-state index in [-0.39, 0.29) is 6.29 Å². The van der Waals surface area contributed by atoms with Crippen LogP contribution in [0.3, 0.4) is 0 Å². The molecule has 0 spiro atoms. The van der Waals surface area contributed by atoms with Crippen LogP contribution in [0.1, 0.15) is 32.6 Å². The zero-order valence-corrected chi connectivity index (χ0v) is 8.66. The van der Waals surface area contributed by atoms with Crippen molar-refractivity contribution in [3.8, 4) is 11.8 Å². The molecule has 3 heteroatoms. The van der Waals surface area contributed by atoms with Gasteiger partial charge in [-0.25, -0.2) is 0 Å². The molecule has 0 amide bonds. The fourth-order valence-electron chi connectivity index (χ4n) is 1.30. The highest BCUT2D eigenvalue weighted by atomic mass is 16.7. The average Bonchev–Trinajstić information content (AvgIpc) is 2.18. The zero-order chi connectivity index (χ0) is 10.2. The van der Waals surface area contributed by atoms with Crippen molar-refractivity contribution in [3.05, 3.63) is 0 Å². The summed E-state index contributed by atoms with van der Waals surface area (Å²) in [6.07, 6.45) is 3.40. The predicted octanol–water partition coefficient (Wildman–Crippen LogP) is 1.30. The molecule has 0 aliphatic carbocycles. The Balaban J connectivity index is 2.01. The number of aliphatic hydroxyl groups is 1. The largest absolute Gasteiger partial charge is 0.381 e. The molecule has 1 fully saturated rings. The Kier molecular flexibility index (Phi) is 5.62. The summed E-state index contributed by atoms with van der Waals surface area (Å²) < 4.78 is 10.8. The highest BCUT2D eigenvalue weighted by Gasteiger charge is 2.12. The summed E-state index contributed by atoms with van der Waals surface area (Å²) in [4.78, 5) is 0. The molecule has 1 rings (SSSR count). The van der Waals surface area contributed by atoms with E-state index >= 15 is 0 Å². The summed E-state index contributed by atoms with van der Waals surface area (Å²) in [7, 11) is 0. The maximum atomic E-state index is 8.86. The molecule has 2 atom stereocenters. The van der Waals surface area contributed by atoms with Gasteiger partial charge in [-0.3, -0.25) is 0 Å². The second-order valence-corrected chi connectivity index (χ2v) is 3.41. The molecule has 1 aliphatic rings. The Morgan fingerprint density at radius 3 is 3.07 bits per heavy atom. The van der Waals surface area contributed by atoms with Crippen molar-refractivity contribution < 1.29 is 14.6 Å². The Morgan fingerprint density at radius 2 is 2.43 bits per heavy atom. The van der Waals surface area contributed by atoms with Gasteiger partial charge in [0, 0.05) is 13.0 Å². The molecule has 0 bridgehead atoms. The van der Waals surface area contributed by atoms with Crippen molar-refractivity contribution in [2.75, 3.05) is 13.2 Å². The van der Waals surface area contributed by atoms with Crippen molar-refractivity contribution in [2.45, 2.75) is 45.0 Å². The summed E-state index contributed by atoms with van der Waals surface area (Å²) >= 11 is 0. The molecule has 80 valence electrons.